The standard InChI is InChI=1S/C20H14ClIN2O2/c1-25-18-8-5-14(11-17(18)24-22)20-23-16-10-13(4-9-19(16)26-20)12-2-6-15(21)7-3-12/h2-11,24H,1H3. The van der Waals surface area contributed by atoms with Crippen LogP contribution in [0.15, 0.2) is 65.1 Å². The van der Waals surface area contributed by atoms with E-state index in [1.54, 1.807) is 7.11 Å². The molecule has 130 valence electrons. The van der Waals surface area contributed by atoms with Crippen LogP contribution < -0.4 is 8.27 Å². The van der Waals surface area contributed by atoms with Crippen molar-refractivity contribution >= 4 is 51.3 Å². The van der Waals surface area contributed by atoms with Gasteiger partial charge in [-0.3, -0.25) is 0 Å². The molecule has 0 spiro atoms. The van der Waals surface area contributed by atoms with Crippen molar-refractivity contribution in [3.63, 3.8) is 0 Å². The molecule has 0 amide bonds. The molecule has 0 saturated carbocycles. The minimum atomic E-state index is 0.573. The third kappa shape index (κ3) is 3.24. The maximum Gasteiger partial charge on any atom is 0.227 e. The van der Waals surface area contributed by atoms with E-state index in [4.69, 9.17) is 20.8 Å². The Balaban J connectivity index is 1.75. The van der Waals surface area contributed by atoms with Crippen LogP contribution in [-0.4, -0.2) is 12.1 Å². The van der Waals surface area contributed by atoms with Crippen LogP contribution in [0.1, 0.15) is 0 Å². The van der Waals surface area contributed by atoms with Crippen LogP contribution in [0.3, 0.4) is 0 Å². The van der Waals surface area contributed by atoms with Gasteiger partial charge >= 0.3 is 0 Å². The van der Waals surface area contributed by atoms with Crippen molar-refractivity contribution in [1.29, 1.82) is 0 Å². The van der Waals surface area contributed by atoms with Gasteiger partial charge in [0, 0.05) is 10.6 Å². The van der Waals surface area contributed by atoms with E-state index in [9.17, 15) is 0 Å². The third-order valence-corrected chi connectivity index (χ3v) is 4.95. The molecule has 1 aromatic heterocycles. The van der Waals surface area contributed by atoms with E-state index in [0.717, 1.165) is 44.2 Å². The molecule has 0 radical (unpaired) electrons. The Labute approximate surface area is 169 Å². The number of anilines is 1. The monoisotopic (exact) mass is 476 g/mol. The van der Waals surface area contributed by atoms with Crippen LogP contribution in [-0.2, 0) is 0 Å². The summed E-state index contributed by atoms with van der Waals surface area (Å²) in [5.41, 5.74) is 5.47. The van der Waals surface area contributed by atoms with Gasteiger partial charge in [0.2, 0.25) is 5.89 Å². The van der Waals surface area contributed by atoms with Gasteiger partial charge < -0.3 is 12.7 Å². The molecule has 4 nitrogen and oxygen atoms in total. The number of halogens is 2. The summed E-state index contributed by atoms with van der Waals surface area (Å²) in [6, 6.07) is 19.5. The lowest BCUT2D eigenvalue weighted by atomic mass is 10.1. The molecule has 6 heteroatoms. The summed E-state index contributed by atoms with van der Waals surface area (Å²) >= 11 is 8.04. The smallest absolute Gasteiger partial charge is 0.227 e. The van der Waals surface area contributed by atoms with Gasteiger partial charge in [-0.1, -0.05) is 29.8 Å². The highest BCUT2D eigenvalue weighted by molar-refractivity contribution is 14.1. The molecule has 3 aromatic carbocycles. The van der Waals surface area contributed by atoms with Gasteiger partial charge in [0.25, 0.3) is 0 Å². The number of hydrogen-bond donors (Lipinski definition) is 1. The first-order valence-corrected chi connectivity index (χ1v) is 9.35. The van der Waals surface area contributed by atoms with Crippen molar-refractivity contribution in [2.24, 2.45) is 0 Å². The molecule has 0 fully saturated rings. The van der Waals surface area contributed by atoms with Gasteiger partial charge in [-0.15, -0.1) is 0 Å². The molecule has 1 N–H and O–H groups in total. The molecule has 0 saturated heterocycles. The molecule has 0 unspecified atom stereocenters. The van der Waals surface area contributed by atoms with E-state index in [1.165, 1.54) is 0 Å². The molecule has 4 rings (SSSR count). The summed E-state index contributed by atoms with van der Waals surface area (Å²) in [5, 5.41) is 0.720. The number of nitrogens with zero attached hydrogens (tertiary/aromatic N) is 1. The average Bonchev–Trinajstić information content (AvgIpc) is 3.11. The number of ether oxygens (including phenoxy) is 1. The number of aromatic nitrogens is 1. The van der Waals surface area contributed by atoms with Crippen LogP contribution in [0, 0.1) is 0 Å². The van der Waals surface area contributed by atoms with Gasteiger partial charge in [-0.2, -0.15) is 0 Å². The highest BCUT2D eigenvalue weighted by atomic mass is 127. The summed E-state index contributed by atoms with van der Waals surface area (Å²) in [5.74, 6) is 1.34. The normalized spacial score (nSPS) is 10.9. The second kappa shape index (κ2) is 7.17. The van der Waals surface area contributed by atoms with E-state index >= 15 is 0 Å². The summed E-state index contributed by atoms with van der Waals surface area (Å²) in [6.45, 7) is 0. The number of rotatable bonds is 4. The minimum absolute atomic E-state index is 0.573. The van der Waals surface area contributed by atoms with E-state index in [-0.39, 0.29) is 0 Å². The van der Waals surface area contributed by atoms with Crippen molar-refractivity contribution in [1.82, 2.24) is 4.98 Å². The van der Waals surface area contributed by atoms with Gasteiger partial charge in [0.05, 0.1) is 35.7 Å². The SMILES string of the molecule is COc1ccc(-c2nc3cc(-c4ccc(Cl)cc4)ccc3o2)cc1NI. The van der Waals surface area contributed by atoms with Gasteiger partial charge in [-0.05, 0) is 53.6 Å². The molecular weight excluding hydrogens is 463 g/mol. The molecule has 0 aliphatic rings. The Bertz CT molecular complexity index is 1080. The Morgan fingerprint density at radius 2 is 1.69 bits per heavy atom. The van der Waals surface area contributed by atoms with Gasteiger partial charge in [0.15, 0.2) is 5.58 Å². The Morgan fingerprint density at radius 3 is 2.42 bits per heavy atom. The van der Waals surface area contributed by atoms with Crippen molar-refractivity contribution in [3.05, 3.63) is 65.7 Å². The number of hydrogen-bond acceptors (Lipinski definition) is 4. The molecular formula is C20H14ClIN2O2. The number of oxazole rings is 1. The molecule has 0 bridgehead atoms. The lowest BCUT2D eigenvalue weighted by Gasteiger charge is -2.07. The molecule has 26 heavy (non-hydrogen) atoms. The third-order valence-electron chi connectivity index (χ3n) is 4.11. The van der Waals surface area contributed by atoms with Crippen LogP contribution in [0.25, 0.3) is 33.7 Å². The largest absolute Gasteiger partial charge is 0.495 e. The maximum atomic E-state index is 5.97. The van der Waals surface area contributed by atoms with E-state index in [1.807, 2.05) is 60.7 Å². The quantitative estimate of drug-likeness (QED) is 0.267. The molecule has 0 atom stereocenters. The second-order valence-electron chi connectivity index (χ2n) is 5.72. The molecule has 1 heterocycles. The average molecular weight is 477 g/mol. The zero-order valence-electron chi connectivity index (χ0n) is 13.8. The lowest BCUT2D eigenvalue weighted by Crippen LogP contribution is -1.89. The fraction of sp³-hybridized carbons (Fsp3) is 0.0500. The predicted octanol–water partition coefficient (Wildman–Crippen LogP) is 6.59. The van der Waals surface area contributed by atoms with E-state index < -0.39 is 0 Å². The Morgan fingerprint density at radius 1 is 0.962 bits per heavy atom. The zero-order chi connectivity index (χ0) is 18.1. The Hall–Kier alpha value is -2.25. The van der Waals surface area contributed by atoms with Crippen LogP contribution >= 0.6 is 34.5 Å². The zero-order valence-corrected chi connectivity index (χ0v) is 16.7. The first kappa shape index (κ1) is 17.2. The van der Waals surface area contributed by atoms with Crippen LogP contribution in [0.2, 0.25) is 5.02 Å². The topological polar surface area (TPSA) is 47.3 Å². The summed E-state index contributed by atoms with van der Waals surface area (Å²) < 4.78 is 14.4. The number of methoxy groups -OCH3 is 1. The fourth-order valence-electron chi connectivity index (χ4n) is 2.79. The maximum absolute atomic E-state index is 5.97. The summed E-state index contributed by atoms with van der Waals surface area (Å²) in [4.78, 5) is 4.65. The first-order chi connectivity index (χ1) is 12.7. The van der Waals surface area contributed by atoms with Crippen LogP contribution in [0.4, 0.5) is 5.69 Å². The number of nitrogens with one attached hydrogen (secondary N) is 1. The highest BCUT2D eigenvalue weighted by Gasteiger charge is 2.12. The van der Waals surface area contributed by atoms with Crippen LogP contribution in [0.5, 0.6) is 5.75 Å². The summed E-state index contributed by atoms with van der Waals surface area (Å²) in [6.07, 6.45) is 0. The fourth-order valence-corrected chi connectivity index (χ4v) is 3.34. The molecule has 4 aromatic rings. The molecule has 0 aliphatic heterocycles. The lowest BCUT2D eigenvalue weighted by molar-refractivity contribution is 0.417. The van der Waals surface area contributed by atoms with E-state index in [0.29, 0.717) is 5.89 Å². The highest BCUT2D eigenvalue weighted by Crippen LogP contribution is 2.33. The van der Waals surface area contributed by atoms with Crippen molar-refractivity contribution in [2.45, 2.75) is 0 Å². The number of benzene rings is 3. The van der Waals surface area contributed by atoms with Crippen molar-refractivity contribution in [2.75, 3.05) is 10.6 Å². The van der Waals surface area contributed by atoms with Gasteiger partial charge in [0.1, 0.15) is 11.3 Å². The van der Waals surface area contributed by atoms with Crippen molar-refractivity contribution < 1.29 is 9.15 Å². The van der Waals surface area contributed by atoms with Gasteiger partial charge in [-0.25, -0.2) is 4.98 Å². The minimum Gasteiger partial charge on any atom is -0.495 e. The predicted molar refractivity (Wildman–Crippen MR) is 114 cm³/mol. The molecule has 0 aliphatic carbocycles. The van der Waals surface area contributed by atoms with Crippen molar-refractivity contribution in [3.8, 4) is 28.3 Å². The second-order valence-corrected chi connectivity index (χ2v) is 6.69. The first-order valence-electron chi connectivity index (χ1n) is 7.89. The Kier molecular flexibility index (Phi) is 4.74. The summed E-state index contributed by atoms with van der Waals surface area (Å²) in [7, 11) is 1.64. The number of fused-ring (bicyclic) bond motifs is 1. The van der Waals surface area contributed by atoms with E-state index in [2.05, 4.69) is 31.4 Å².